The van der Waals surface area contributed by atoms with Crippen molar-refractivity contribution in [2.75, 3.05) is 5.32 Å². The molecule has 1 aromatic heterocycles. The van der Waals surface area contributed by atoms with Gasteiger partial charge < -0.3 is 10.4 Å². The van der Waals surface area contributed by atoms with Gasteiger partial charge >= 0.3 is 5.97 Å². The van der Waals surface area contributed by atoms with Crippen LogP contribution in [-0.2, 0) is 6.42 Å². The standard InChI is InChI=1S/C14H12BrNO3S/c1-2-8-5-6-20-12(8)13(17)16-11-7-9(14(18)19)3-4-10(11)15/h3-7H,2H2,1H3,(H,16,17)(H,18,19). The lowest BCUT2D eigenvalue weighted by Gasteiger charge is -2.08. The van der Waals surface area contributed by atoms with Gasteiger partial charge in [-0.05, 0) is 57.6 Å². The van der Waals surface area contributed by atoms with Crippen LogP contribution in [0.3, 0.4) is 0 Å². The Balaban J connectivity index is 2.28. The molecule has 0 unspecified atom stereocenters. The lowest BCUT2D eigenvalue weighted by molar-refractivity contribution is 0.0696. The lowest BCUT2D eigenvalue weighted by atomic mass is 10.2. The summed E-state index contributed by atoms with van der Waals surface area (Å²) in [6, 6.07) is 6.44. The average molecular weight is 354 g/mol. The predicted octanol–water partition coefficient (Wildman–Crippen LogP) is 4.02. The fraction of sp³-hybridized carbons (Fsp3) is 0.143. The summed E-state index contributed by atoms with van der Waals surface area (Å²) in [5.41, 5.74) is 1.56. The number of rotatable bonds is 4. The molecule has 4 nitrogen and oxygen atoms in total. The van der Waals surface area contributed by atoms with Gasteiger partial charge in [-0.2, -0.15) is 0 Å². The van der Waals surface area contributed by atoms with Crippen LogP contribution in [-0.4, -0.2) is 17.0 Å². The highest BCUT2D eigenvalue weighted by atomic mass is 79.9. The van der Waals surface area contributed by atoms with E-state index in [0.29, 0.717) is 15.0 Å². The number of carbonyl (C=O) groups is 2. The molecule has 1 heterocycles. The minimum Gasteiger partial charge on any atom is -0.478 e. The monoisotopic (exact) mass is 353 g/mol. The summed E-state index contributed by atoms with van der Waals surface area (Å²) in [7, 11) is 0. The van der Waals surface area contributed by atoms with E-state index in [1.165, 1.54) is 23.5 Å². The zero-order valence-electron chi connectivity index (χ0n) is 10.6. The van der Waals surface area contributed by atoms with E-state index >= 15 is 0 Å². The number of benzene rings is 1. The Morgan fingerprint density at radius 3 is 2.75 bits per heavy atom. The second-order valence-corrected chi connectivity index (χ2v) is 5.85. The van der Waals surface area contributed by atoms with Gasteiger partial charge in [0.2, 0.25) is 0 Å². The van der Waals surface area contributed by atoms with Crippen LogP contribution in [0.25, 0.3) is 0 Å². The molecule has 104 valence electrons. The van der Waals surface area contributed by atoms with Crippen molar-refractivity contribution >= 4 is 44.8 Å². The number of aryl methyl sites for hydroxylation is 1. The summed E-state index contributed by atoms with van der Waals surface area (Å²) >= 11 is 4.68. The predicted molar refractivity (Wildman–Crippen MR) is 82.8 cm³/mol. The van der Waals surface area contributed by atoms with E-state index in [1.54, 1.807) is 6.07 Å². The van der Waals surface area contributed by atoms with Crippen molar-refractivity contribution in [1.82, 2.24) is 0 Å². The van der Waals surface area contributed by atoms with Crippen molar-refractivity contribution in [2.24, 2.45) is 0 Å². The molecular weight excluding hydrogens is 342 g/mol. The highest BCUT2D eigenvalue weighted by Crippen LogP contribution is 2.26. The van der Waals surface area contributed by atoms with Crippen molar-refractivity contribution < 1.29 is 14.7 Å². The molecule has 0 aliphatic carbocycles. The number of aromatic carboxylic acids is 1. The molecule has 0 atom stereocenters. The normalized spacial score (nSPS) is 10.3. The fourth-order valence-corrected chi connectivity index (χ4v) is 2.98. The van der Waals surface area contributed by atoms with Crippen molar-refractivity contribution in [3.8, 4) is 0 Å². The number of carbonyl (C=O) groups excluding carboxylic acids is 1. The maximum atomic E-state index is 12.2. The maximum absolute atomic E-state index is 12.2. The molecule has 0 fully saturated rings. The van der Waals surface area contributed by atoms with Gasteiger partial charge in [-0.15, -0.1) is 11.3 Å². The first-order valence-corrected chi connectivity index (χ1v) is 7.60. The van der Waals surface area contributed by atoms with Gasteiger partial charge in [-0.1, -0.05) is 6.92 Å². The minimum atomic E-state index is -1.03. The van der Waals surface area contributed by atoms with Crippen molar-refractivity contribution in [1.29, 1.82) is 0 Å². The van der Waals surface area contributed by atoms with E-state index < -0.39 is 5.97 Å². The molecule has 2 N–H and O–H groups in total. The first kappa shape index (κ1) is 14.7. The summed E-state index contributed by atoms with van der Waals surface area (Å²) in [6.45, 7) is 1.99. The van der Waals surface area contributed by atoms with Gasteiger partial charge in [-0.3, -0.25) is 4.79 Å². The van der Waals surface area contributed by atoms with Gasteiger partial charge in [0.25, 0.3) is 5.91 Å². The third-order valence-electron chi connectivity index (χ3n) is 2.80. The number of anilines is 1. The first-order valence-electron chi connectivity index (χ1n) is 5.93. The molecule has 1 amide bonds. The van der Waals surface area contributed by atoms with Gasteiger partial charge in [0, 0.05) is 4.47 Å². The number of nitrogens with one attached hydrogen (secondary N) is 1. The Labute approximate surface area is 128 Å². The summed E-state index contributed by atoms with van der Waals surface area (Å²) in [5.74, 6) is -1.25. The molecule has 0 bridgehead atoms. The third-order valence-corrected chi connectivity index (χ3v) is 4.44. The average Bonchev–Trinajstić information content (AvgIpc) is 2.89. The van der Waals surface area contributed by atoms with Crippen LogP contribution in [0.2, 0.25) is 0 Å². The van der Waals surface area contributed by atoms with Gasteiger partial charge in [0.1, 0.15) is 0 Å². The zero-order chi connectivity index (χ0) is 14.7. The van der Waals surface area contributed by atoms with Gasteiger partial charge in [-0.25, -0.2) is 4.79 Å². The maximum Gasteiger partial charge on any atom is 0.335 e. The molecule has 0 aliphatic rings. The largest absolute Gasteiger partial charge is 0.478 e. The number of carboxylic acids is 1. The Bertz CT molecular complexity index is 666. The number of carboxylic acid groups (broad SMARTS) is 1. The minimum absolute atomic E-state index is 0.130. The molecule has 6 heteroatoms. The van der Waals surface area contributed by atoms with Crippen LogP contribution in [0.15, 0.2) is 34.1 Å². The van der Waals surface area contributed by atoms with Gasteiger partial charge in [0.15, 0.2) is 0 Å². The Morgan fingerprint density at radius 1 is 1.35 bits per heavy atom. The van der Waals surface area contributed by atoms with Gasteiger partial charge in [0.05, 0.1) is 16.1 Å². The number of amides is 1. The van der Waals surface area contributed by atoms with E-state index in [-0.39, 0.29) is 11.5 Å². The molecule has 1 aromatic carbocycles. The highest BCUT2D eigenvalue weighted by Gasteiger charge is 2.14. The SMILES string of the molecule is CCc1ccsc1C(=O)Nc1cc(C(=O)O)ccc1Br. The van der Waals surface area contributed by atoms with E-state index in [0.717, 1.165) is 12.0 Å². The fourth-order valence-electron chi connectivity index (χ4n) is 1.75. The van der Waals surface area contributed by atoms with Crippen LogP contribution in [0.4, 0.5) is 5.69 Å². The molecule has 0 saturated heterocycles. The van der Waals surface area contributed by atoms with E-state index in [9.17, 15) is 9.59 Å². The molecule has 2 aromatic rings. The topological polar surface area (TPSA) is 66.4 Å². The number of halogens is 1. The molecule has 0 spiro atoms. The number of thiophene rings is 1. The Hall–Kier alpha value is -1.66. The first-order chi connectivity index (χ1) is 9.52. The number of hydrogen-bond acceptors (Lipinski definition) is 3. The third kappa shape index (κ3) is 3.08. The van der Waals surface area contributed by atoms with Crippen LogP contribution < -0.4 is 5.32 Å². The summed E-state index contributed by atoms with van der Waals surface area (Å²) in [4.78, 5) is 23.8. The summed E-state index contributed by atoms with van der Waals surface area (Å²) in [5, 5.41) is 13.6. The van der Waals surface area contributed by atoms with Crippen LogP contribution in [0, 0.1) is 0 Å². The number of hydrogen-bond donors (Lipinski definition) is 2. The van der Waals surface area contributed by atoms with E-state index in [1.807, 2.05) is 18.4 Å². The molecular formula is C14H12BrNO3S. The quantitative estimate of drug-likeness (QED) is 0.871. The second-order valence-electron chi connectivity index (χ2n) is 4.08. The molecule has 20 heavy (non-hydrogen) atoms. The molecule has 0 aliphatic heterocycles. The van der Waals surface area contributed by atoms with Crippen LogP contribution >= 0.6 is 27.3 Å². The summed E-state index contributed by atoms with van der Waals surface area (Å²) in [6.07, 6.45) is 0.780. The Morgan fingerprint density at radius 2 is 2.10 bits per heavy atom. The van der Waals surface area contributed by atoms with Crippen molar-refractivity contribution in [2.45, 2.75) is 13.3 Å². The van der Waals surface area contributed by atoms with Crippen LogP contribution in [0.1, 0.15) is 32.5 Å². The lowest BCUT2D eigenvalue weighted by Crippen LogP contribution is -2.13. The Kier molecular flexibility index (Phi) is 4.57. The van der Waals surface area contributed by atoms with Crippen molar-refractivity contribution in [3.05, 3.63) is 50.1 Å². The second kappa shape index (κ2) is 6.19. The summed E-state index contributed by atoms with van der Waals surface area (Å²) < 4.78 is 0.644. The zero-order valence-corrected chi connectivity index (χ0v) is 13.0. The van der Waals surface area contributed by atoms with E-state index in [4.69, 9.17) is 5.11 Å². The van der Waals surface area contributed by atoms with E-state index in [2.05, 4.69) is 21.2 Å². The van der Waals surface area contributed by atoms with Crippen molar-refractivity contribution in [3.63, 3.8) is 0 Å². The molecule has 0 radical (unpaired) electrons. The molecule has 0 saturated carbocycles. The highest BCUT2D eigenvalue weighted by molar-refractivity contribution is 9.10. The molecule has 2 rings (SSSR count). The smallest absolute Gasteiger partial charge is 0.335 e. The van der Waals surface area contributed by atoms with Crippen LogP contribution in [0.5, 0.6) is 0 Å².